The fraction of sp³-hybridized carbons (Fsp3) is 0.250. The zero-order valence-corrected chi connectivity index (χ0v) is 10.8. The van der Waals surface area contributed by atoms with Crippen molar-refractivity contribution in [3.63, 3.8) is 0 Å². The van der Waals surface area contributed by atoms with E-state index in [1.54, 1.807) is 23.8 Å². The molecule has 0 saturated heterocycles. The van der Waals surface area contributed by atoms with E-state index in [-0.39, 0.29) is 12.3 Å². The van der Waals surface area contributed by atoms with Crippen LogP contribution in [0.5, 0.6) is 0 Å². The molecule has 0 fully saturated rings. The molecule has 2 rings (SSSR count). The molecule has 0 spiro atoms. The predicted molar refractivity (Wildman–Crippen MR) is 69.0 cm³/mol. The Morgan fingerprint density at radius 1 is 1.47 bits per heavy atom. The Bertz CT molecular complexity index is 562. The number of hydrogen-bond donors (Lipinski definition) is 2. The molecule has 0 aliphatic heterocycles. The molecule has 0 bridgehead atoms. The average Bonchev–Trinajstić information content (AvgIpc) is 3.03. The minimum atomic E-state index is -0.872. The van der Waals surface area contributed by atoms with E-state index in [1.807, 2.05) is 0 Å². The number of thiazole rings is 1. The molecule has 6 nitrogen and oxygen atoms in total. The van der Waals surface area contributed by atoms with E-state index in [1.165, 1.54) is 11.3 Å². The van der Waals surface area contributed by atoms with Crippen LogP contribution in [-0.2, 0) is 4.79 Å². The van der Waals surface area contributed by atoms with Gasteiger partial charge in [0.1, 0.15) is 5.69 Å². The molecule has 0 aromatic carbocycles. The molecule has 0 atom stereocenters. The number of amides is 1. The van der Waals surface area contributed by atoms with Crippen LogP contribution in [0.2, 0.25) is 0 Å². The zero-order valence-electron chi connectivity index (χ0n) is 9.96. The Kier molecular flexibility index (Phi) is 4.30. The van der Waals surface area contributed by atoms with Crippen molar-refractivity contribution in [2.75, 3.05) is 6.54 Å². The van der Waals surface area contributed by atoms with Crippen LogP contribution in [0.1, 0.15) is 23.3 Å². The maximum Gasteiger partial charge on any atom is 0.303 e. The van der Waals surface area contributed by atoms with Gasteiger partial charge in [-0.05, 0) is 18.6 Å². The lowest BCUT2D eigenvalue weighted by Gasteiger charge is -2.00. The summed E-state index contributed by atoms with van der Waals surface area (Å²) in [5.74, 6) is -0.558. The lowest BCUT2D eigenvalue weighted by molar-refractivity contribution is -0.137. The minimum Gasteiger partial charge on any atom is -0.481 e. The Labute approximate surface area is 113 Å². The molecule has 100 valence electrons. The molecule has 7 heteroatoms. The Balaban J connectivity index is 1.88. The molecule has 0 saturated carbocycles. The molecule has 2 aromatic rings. The minimum absolute atomic E-state index is 0.0367. The van der Waals surface area contributed by atoms with Gasteiger partial charge in [-0.3, -0.25) is 9.59 Å². The Morgan fingerprint density at radius 2 is 2.32 bits per heavy atom. The van der Waals surface area contributed by atoms with Gasteiger partial charge in [0, 0.05) is 18.3 Å². The quantitative estimate of drug-likeness (QED) is 0.789. The molecule has 0 aliphatic carbocycles. The van der Waals surface area contributed by atoms with Gasteiger partial charge in [0.2, 0.25) is 0 Å². The van der Waals surface area contributed by atoms with Gasteiger partial charge >= 0.3 is 5.97 Å². The van der Waals surface area contributed by atoms with E-state index in [0.29, 0.717) is 29.4 Å². The van der Waals surface area contributed by atoms with Crippen molar-refractivity contribution in [2.24, 2.45) is 0 Å². The van der Waals surface area contributed by atoms with Crippen LogP contribution >= 0.6 is 11.3 Å². The Hall–Kier alpha value is -2.15. The van der Waals surface area contributed by atoms with Crippen molar-refractivity contribution in [2.45, 2.75) is 12.8 Å². The molecule has 2 N–H and O–H groups in total. The monoisotopic (exact) mass is 280 g/mol. The number of carbonyl (C=O) groups is 2. The first-order chi connectivity index (χ1) is 9.16. The highest BCUT2D eigenvalue weighted by atomic mass is 32.1. The van der Waals surface area contributed by atoms with Crippen molar-refractivity contribution in [3.8, 4) is 10.8 Å². The number of carboxylic acids is 1. The second-order valence-electron chi connectivity index (χ2n) is 3.77. The highest BCUT2D eigenvalue weighted by molar-refractivity contribution is 7.13. The number of nitrogens with zero attached hydrogens (tertiary/aromatic N) is 1. The normalized spacial score (nSPS) is 10.3. The third-order valence-corrected chi connectivity index (χ3v) is 3.18. The fourth-order valence-electron chi connectivity index (χ4n) is 1.42. The first-order valence-electron chi connectivity index (χ1n) is 5.66. The van der Waals surface area contributed by atoms with Crippen molar-refractivity contribution < 1.29 is 19.1 Å². The largest absolute Gasteiger partial charge is 0.481 e. The molecule has 1 amide bonds. The molecule has 2 heterocycles. The van der Waals surface area contributed by atoms with Crippen LogP contribution < -0.4 is 5.32 Å². The van der Waals surface area contributed by atoms with E-state index in [4.69, 9.17) is 9.52 Å². The maximum atomic E-state index is 11.7. The van der Waals surface area contributed by atoms with Gasteiger partial charge in [0.15, 0.2) is 10.8 Å². The number of aromatic nitrogens is 1. The fourth-order valence-corrected chi connectivity index (χ4v) is 2.19. The molecule has 0 unspecified atom stereocenters. The van der Waals surface area contributed by atoms with Gasteiger partial charge in [-0.2, -0.15) is 0 Å². The van der Waals surface area contributed by atoms with Crippen LogP contribution in [0.15, 0.2) is 28.2 Å². The van der Waals surface area contributed by atoms with Gasteiger partial charge in [-0.25, -0.2) is 4.98 Å². The molecular formula is C12H12N2O4S. The van der Waals surface area contributed by atoms with E-state index in [9.17, 15) is 9.59 Å². The summed E-state index contributed by atoms with van der Waals surface area (Å²) in [5, 5.41) is 13.4. The van der Waals surface area contributed by atoms with Crippen LogP contribution in [0.25, 0.3) is 10.8 Å². The first kappa shape index (κ1) is 13.3. The SMILES string of the molecule is O=C(O)CCCNC(=O)c1csc(-c2ccco2)n1. The highest BCUT2D eigenvalue weighted by Crippen LogP contribution is 2.23. The van der Waals surface area contributed by atoms with Crippen LogP contribution in [-0.4, -0.2) is 28.5 Å². The summed E-state index contributed by atoms with van der Waals surface area (Å²) in [6, 6.07) is 3.52. The number of hydrogen-bond acceptors (Lipinski definition) is 5. The standard InChI is InChI=1S/C12H12N2O4S/c15-10(16)4-1-5-13-11(17)8-7-19-12(14-8)9-3-2-6-18-9/h2-3,6-7H,1,4-5H2,(H,13,17)(H,15,16). The lowest BCUT2D eigenvalue weighted by atomic mass is 10.3. The summed E-state index contributed by atoms with van der Waals surface area (Å²) in [6.45, 7) is 0.318. The predicted octanol–water partition coefficient (Wildman–Crippen LogP) is 2.00. The van der Waals surface area contributed by atoms with Gasteiger partial charge in [-0.1, -0.05) is 0 Å². The zero-order chi connectivity index (χ0) is 13.7. The lowest BCUT2D eigenvalue weighted by Crippen LogP contribution is -2.25. The second kappa shape index (κ2) is 6.14. The van der Waals surface area contributed by atoms with Crippen LogP contribution in [0, 0.1) is 0 Å². The van der Waals surface area contributed by atoms with E-state index in [0.717, 1.165) is 0 Å². The molecule has 19 heavy (non-hydrogen) atoms. The summed E-state index contributed by atoms with van der Waals surface area (Å²) in [4.78, 5) is 26.2. The van der Waals surface area contributed by atoms with Gasteiger partial charge < -0.3 is 14.8 Å². The Morgan fingerprint density at radius 3 is 3.00 bits per heavy atom. The van der Waals surface area contributed by atoms with Crippen LogP contribution in [0.4, 0.5) is 0 Å². The number of carboxylic acid groups (broad SMARTS) is 1. The number of nitrogens with one attached hydrogen (secondary N) is 1. The van der Waals surface area contributed by atoms with Crippen molar-refractivity contribution in [1.82, 2.24) is 10.3 Å². The van der Waals surface area contributed by atoms with Gasteiger partial charge in [0.05, 0.1) is 6.26 Å². The molecule has 2 aromatic heterocycles. The van der Waals surface area contributed by atoms with Crippen molar-refractivity contribution in [1.29, 1.82) is 0 Å². The van der Waals surface area contributed by atoms with E-state index >= 15 is 0 Å². The summed E-state index contributed by atoms with van der Waals surface area (Å²) in [6.07, 6.45) is 1.98. The summed E-state index contributed by atoms with van der Waals surface area (Å²) < 4.78 is 5.19. The third kappa shape index (κ3) is 3.65. The third-order valence-electron chi connectivity index (χ3n) is 2.32. The van der Waals surface area contributed by atoms with Crippen molar-refractivity contribution in [3.05, 3.63) is 29.5 Å². The molecule has 0 radical (unpaired) electrons. The van der Waals surface area contributed by atoms with Gasteiger partial charge in [0.25, 0.3) is 5.91 Å². The summed E-state index contributed by atoms with van der Waals surface area (Å²) in [7, 11) is 0. The number of carbonyl (C=O) groups excluding carboxylic acids is 1. The summed E-state index contributed by atoms with van der Waals surface area (Å²) >= 11 is 1.32. The summed E-state index contributed by atoms with van der Waals surface area (Å²) in [5.41, 5.74) is 0.312. The first-order valence-corrected chi connectivity index (χ1v) is 6.54. The number of rotatable bonds is 6. The average molecular weight is 280 g/mol. The smallest absolute Gasteiger partial charge is 0.303 e. The van der Waals surface area contributed by atoms with E-state index < -0.39 is 5.97 Å². The second-order valence-corrected chi connectivity index (χ2v) is 4.63. The van der Waals surface area contributed by atoms with E-state index in [2.05, 4.69) is 10.3 Å². The highest BCUT2D eigenvalue weighted by Gasteiger charge is 2.12. The topological polar surface area (TPSA) is 92.4 Å². The van der Waals surface area contributed by atoms with Gasteiger partial charge in [-0.15, -0.1) is 11.3 Å². The molecule has 0 aliphatic rings. The maximum absolute atomic E-state index is 11.7. The van der Waals surface area contributed by atoms with Crippen molar-refractivity contribution >= 4 is 23.2 Å². The van der Waals surface area contributed by atoms with Crippen LogP contribution in [0.3, 0.4) is 0 Å². The molecular weight excluding hydrogens is 268 g/mol. The number of aliphatic carboxylic acids is 1. The number of furan rings is 1.